The molecule has 2 N–H and O–H groups in total. The van der Waals surface area contributed by atoms with Crippen LogP contribution in [0.2, 0.25) is 0 Å². The van der Waals surface area contributed by atoms with E-state index >= 15 is 0 Å². The molecule has 1 rings (SSSR count). The van der Waals surface area contributed by atoms with E-state index in [9.17, 15) is 13.2 Å². The zero-order valence-electron chi connectivity index (χ0n) is 14.0. The summed E-state index contributed by atoms with van der Waals surface area (Å²) in [5.41, 5.74) is 2.27. The average molecular weight is 342 g/mol. The van der Waals surface area contributed by atoms with E-state index < -0.39 is 10.0 Å². The summed E-state index contributed by atoms with van der Waals surface area (Å²) in [4.78, 5) is 11.7. The van der Waals surface area contributed by atoms with Gasteiger partial charge in [-0.2, -0.15) is 0 Å². The lowest BCUT2D eigenvalue weighted by Crippen LogP contribution is -2.37. The second kappa shape index (κ2) is 9.52. The number of carbonyl (C=O) groups is 1. The van der Waals surface area contributed by atoms with Crippen molar-refractivity contribution in [2.45, 2.75) is 33.6 Å². The first-order valence-electron chi connectivity index (χ1n) is 7.78. The van der Waals surface area contributed by atoms with Crippen molar-refractivity contribution in [1.29, 1.82) is 0 Å². The molecule has 0 fully saturated rings. The first-order valence-corrected chi connectivity index (χ1v) is 9.43. The summed E-state index contributed by atoms with van der Waals surface area (Å²) in [5, 5.41) is 2.62. The van der Waals surface area contributed by atoms with Gasteiger partial charge >= 0.3 is 0 Å². The maximum Gasteiger partial charge on any atom is 0.257 e. The van der Waals surface area contributed by atoms with Crippen LogP contribution in [0.25, 0.3) is 0 Å². The predicted molar refractivity (Wildman–Crippen MR) is 91.1 cm³/mol. The zero-order chi connectivity index (χ0) is 17.3. The highest BCUT2D eigenvalue weighted by molar-refractivity contribution is 7.89. The molecule has 0 aliphatic carbocycles. The third-order valence-corrected chi connectivity index (χ3v) is 4.85. The molecule has 0 aliphatic heterocycles. The van der Waals surface area contributed by atoms with Gasteiger partial charge in [-0.25, -0.2) is 13.1 Å². The lowest BCUT2D eigenvalue weighted by molar-refractivity contribution is -0.123. The summed E-state index contributed by atoms with van der Waals surface area (Å²) in [7, 11) is -3.24. The van der Waals surface area contributed by atoms with Crippen LogP contribution < -0.4 is 14.8 Å². The third kappa shape index (κ3) is 7.99. The smallest absolute Gasteiger partial charge is 0.257 e. The molecule has 0 unspecified atom stereocenters. The van der Waals surface area contributed by atoms with Crippen LogP contribution in [0, 0.1) is 13.8 Å². The van der Waals surface area contributed by atoms with Gasteiger partial charge < -0.3 is 10.1 Å². The van der Waals surface area contributed by atoms with Gasteiger partial charge in [-0.05, 0) is 43.5 Å². The zero-order valence-corrected chi connectivity index (χ0v) is 14.8. The summed E-state index contributed by atoms with van der Waals surface area (Å²) in [6, 6.07) is 5.63. The second-order valence-corrected chi connectivity index (χ2v) is 7.38. The molecule has 130 valence electrons. The Balaban J connectivity index is 2.23. The lowest BCUT2D eigenvalue weighted by atomic mass is 10.1. The Hall–Kier alpha value is -1.60. The van der Waals surface area contributed by atoms with Gasteiger partial charge in [-0.3, -0.25) is 4.79 Å². The number of hydrogen-bond donors (Lipinski definition) is 2. The maximum atomic E-state index is 11.7. The van der Waals surface area contributed by atoms with E-state index in [0.29, 0.717) is 12.2 Å². The fraction of sp³-hybridized carbons (Fsp3) is 0.562. The van der Waals surface area contributed by atoms with E-state index in [4.69, 9.17) is 4.74 Å². The Kier molecular flexibility index (Phi) is 8.05. The van der Waals surface area contributed by atoms with Crippen molar-refractivity contribution in [3.05, 3.63) is 29.3 Å². The van der Waals surface area contributed by atoms with Crippen LogP contribution in [0.3, 0.4) is 0 Å². The van der Waals surface area contributed by atoms with Crippen LogP contribution in [0.15, 0.2) is 18.2 Å². The van der Waals surface area contributed by atoms with Crippen molar-refractivity contribution in [2.75, 3.05) is 25.4 Å². The van der Waals surface area contributed by atoms with Gasteiger partial charge in [0.25, 0.3) is 5.91 Å². The molecule has 1 amide bonds. The third-order valence-electron chi connectivity index (χ3n) is 3.38. The van der Waals surface area contributed by atoms with Crippen LogP contribution in [-0.2, 0) is 14.8 Å². The Labute approximate surface area is 138 Å². The van der Waals surface area contributed by atoms with Crippen LogP contribution in [0.5, 0.6) is 5.75 Å². The Bertz CT molecular complexity index is 615. The lowest BCUT2D eigenvalue weighted by Gasteiger charge is -2.10. The summed E-state index contributed by atoms with van der Waals surface area (Å²) in [6.45, 7) is 6.25. The molecule has 0 radical (unpaired) electrons. The van der Waals surface area contributed by atoms with Crippen LogP contribution in [0.1, 0.15) is 30.9 Å². The number of rotatable bonds is 10. The van der Waals surface area contributed by atoms with Crippen molar-refractivity contribution in [2.24, 2.45) is 0 Å². The number of unbranched alkanes of at least 4 members (excludes halogenated alkanes) is 1. The number of benzene rings is 1. The monoisotopic (exact) mass is 342 g/mol. The minimum atomic E-state index is -3.24. The van der Waals surface area contributed by atoms with Gasteiger partial charge in [0.15, 0.2) is 6.61 Å². The molecule has 1 aromatic rings. The molecule has 0 bridgehead atoms. The first kappa shape index (κ1) is 19.4. The van der Waals surface area contributed by atoms with E-state index in [2.05, 4.69) is 10.0 Å². The van der Waals surface area contributed by atoms with Crippen molar-refractivity contribution in [3.8, 4) is 5.75 Å². The molecule has 1 aromatic carbocycles. The summed E-state index contributed by atoms with van der Waals surface area (Å²) in [6.07, 6.45) is 1.46. The summed E-state index contributed by atoms with van der Waals surface area (Å²) >= 11 is 0. The van der Waals surface area contributed by atoms with E-state index in [1.807, 2.05) is 39.0 Å². The number of sulfonamides is 1. The maximum absolute atomic E-state index is 11.7. The number of ether oxygens (including phenoxy) is 1. The number of aryl methyl sites for hydroxylation is 2. The minimum Gasteiger partial charge on any atom is -0.484 e. The minimum absolute atomic E-state index is 0.0922. The van der Waals surface area contributed by atoms with Gasteiger partial charge in [0.2, 0.25) is 10.0 Å². The molecule has 0 spiro atoms. The van der Waals surface area contributed by atoms with Crippen molar-refractivity contribution in [1.82, 2.24) is 10.0 Å². The molecule has 23 heavy (non-hydrogen) atoms. The molecule has 0 saturated heterocycles. The molecular weight excluding hydrogens is 316 g/mol. The number of amides is 1. The van der Waals surface area contributed by atoms with Crippen LogP contribution in [-0.4, -0.2) is 39.8 Å². The van der Waals surface area contributed by atoms with Crippen LogP contribution in [0.4, 0.5) is 0 Å². The summed E-state index contributed by atoms with van der Waals surface area (Å²) < 4.78 is 31.0. The van der Waals surface area contributed by atoms with E-state index in [-0.39, 0.29) is 31.4 Å². The van der Waals surface area contributed by atoms with E-state index in [1.54, 1.807) is 0 Å². The van der Waals surface area contributed by atoms with Gasteiger partial charge in [-0.1, -0.05) is 19.4 Å². The second-order valence-electron chi connectivity index (χ2n) is 5.45. The van der Waals surface area contributed by atoms with Gasteiger partial charge in [0.05, 0.1) is 5.75 Å². The van der Waals surface area contributed by atoms with E-state index in [0.717, 1.165) is 17.5 Å². The Morgan fingerprint density at radius 1 is 1.17 bits per heavy atom. The number of nitrogens with one attached hydrogen (secondary N) is 2. The molecule has 7 heteroatoms. The molecule has 0 atom stereocenters. The van der Waals surface area contributed by atoms with Crippen molar-refractivity contribution < 1.29 is 17.9 Å². The SMILES string of the molecule is CCCCS(=O)(=O)NCCNC(=O)COc1ccc(C)c(C)c1. The largest absolute Gasteiger partial charge is 0.484 e. The quantitative estimate of drug-likeness (QED) is 0.631. The Morgan fingerprint density at radius 3 is 2.57 bits per heavy atom. The topological polar surface area (TPSA) is 84.5 Å². The molecule has 6 nitrogen and oxygen atoms in total. The molecule has 0 heterocycles. The average Bonchev–Trinajstić information content (AvgIpc) is 2.51. The van der Waals surface area contributed by atoms with E-state index in [1.165, 1.54) is 0 Å². The highest BCUT2D eigenvalue weighted by Gasteiger charge is 2.09. The number of carbonyl (C=O) groups excluding carboxylic acids is 1. The molecule has 0 aliphatic rings. The highest BCUT2D eigenvalue weighted by atomic mass is 32.2. The van der Waals surface area contributed by atoms with Gasteiger partial charge in [-0.15, -0.1) is 0 Å². The first-order chi connectivity index (χ1) is 10.8. The van der Waals surface area contributed by atoms with Gasteiger partial charge in [0, 0.05) is 13.1 Å². The normalized spacial score (nSPS) is 11.3. The fourth-order valence-corrected chi connectivity index (χ4v) is 3.04. The van der Waals surface area contributed by atoms with Crippen molar-refractivity contribution >= 4 is 15.9 Å². The number of hydrogen-bond acceptors (Lipinski definition) is 4. The van der Waals surface area contributed by atoms with Crippen LogP contribution >= 0.6 is 0 Å². The fourth-order valence-electron chi connectivity index (χ4n) is 1.82. The highest BCUT2D eigenvalue weighted by Crippen LogP contribution is 2.16. The molecule has 0 aromatic heterocycles. The predicted octanol–water partition coefficient (Wildman–Crippen LogP) is 1.52. The summed E-state index contributed by atoms with van der Waals surface area (Å²) in [5.74, 6) is 0.479. The Morgan fingerprint density at radius 2 is 1.91 bits per heavy atom. The molecule has 0 saturated carbocycles. The van der Waals surface area contributed by atoms with Gasteiger partial charge in [0.1, 0.15) is 5.75 Å². The van der Waals surface area contributed by atoms with Crippen molar-refractivity contribution in [3.63, 3.8) is 0 Å². The molecular formula is C16H26N2O4S. The standard InChI is InChI=1S/C16H26N2O4S/c1-4-5-10-23(20,21)18-9-8-17-16(19)12-22-15-7-6-13(2)14(3)11-15/h6-7,11,18H,4-5,8-10,12H2,1-3H3,(H,17,19).